The van der Waals surface area contributed by atoms with Crippen molar-refractivity contribution in [2.45, 2.75) is 13.3 Å². The van der Waals surface area contributed by atoms with Gasteiger partial charge in [0.25, 0.3) is 0 Å². The van der Waals surface area contributed by atoms with E-state index in [2.05, 4.69) is 14.2 Å². The Morgan fingerprint density at radius 2 is 1.85 bits per heavy atom. The minimum atomic E-state index is -0.739. The molecular weight excluding hydrogens is 176 g/mol. The molecule has 0 amide bonds. The van der Waals surface area contributed by atoms with Gasteiger partial charge in [0.15, 0.2) is 0 Å². The van der Waals surface area contributed by atoms with Crippen LogP contribution >= 0.6 is 0 Å². The highest BCUT2D eigenvalue weighted by Crippen LogP contribution is 2.04. The van der Waals surface area contributed by atoms with Crippen LogP contribution in [0, 0.1) is 5.92 Å². The van der Waals surface area contributed by atoms with Crippen molar-refractivity contribution in [3.05, 3.63) is 0 Å². The summed E-state index contributed by atoms with van der Waals surface area (Å²) >= 11 is 0. The van der Waals surface area contributed by atoms with E-state index >= 15 is 0 Å². The second-order valence-electron chi connectivity index (χ2n) is 2.52. The predicted octanol–water partition coefficient (Wildman–Crippen LogP) is 0.969. The van der Waals surface area contributed by atoms with Gasteiger partial charge < -0.3 is 14.2 Å². The van der Waals surface area contributed by atoms with E-state index in [1.807, 2.05) is 0 Å². The zero-order valence-electron chi connectivity index (χ0n) is 8.03. The van der Waals surface area contributed by atoms with Crippen LogP contribution in [0.3, 0.4) is 0 Å². The second-order valence-corrected chi connectivity index (χ2v) is 2.52. The molecule has 0 aromatic carbocycles. The second kappa shape index (κ2) is 6.28. The van der Waals surface area contributed by atoms with Crippen LogP contribution in [0.4, 0.5) is 4.79 Å². The lowest BCUT2D eigenvalue weighted by molar-refractivity contribution is -0.145. The third-order valence-electron chi connectivity index (χ3n) is 1.54. The van der Waals surface area contributed by atoms with Gasteiger partial charge in [0, 0.05) is 0 Å². The quantitative estimate of drug-likeness (QED) is 0.618. The molecule has 0 aromatic heterocycles. The number of carbonyl (C=O) groups is 2. The van der Waals surface area contributed by atoms with E-state index in [0.29, 0.717) is 6.42 Å². The zero-order valence-corrected chi connectivity index (χ0v) is 8.03. The van der Waals surface area contributed by atoms with Crippen molar-refractivity contribution in [3.63, 3.8) is 0 Å². The van der Waals surface area contributed by atoms with Gasteiger partial charge in [-0.1, -0.05) is 6.92 Å². The fourth-order valence-corrected chi connectivity index (χ4v) is 0.697. The van der Waals surface area contributed by atoms with E-state index < -0.39 is 6.16 Å². The van der Waals surface area contributed by atoms with Gasteiger partial charge in [-0.05, 0) is 6.42 Å². The number of hydrogen-bond donors (Lipinski definition) is 0. The van der Waals surface area contributed by atoms with Crippen molar-refractivity contribution >= 4 is 12.1 Å². The SMILES string of the molecule is COC(=O)OCCC(C)C(=O)OC. The van der Waals surface area contributed by atoms with Crippen molar-refractivity contribution in [3.8, 4) is 0 Å². The molecule has 0 aliphatic carbocycles. The molecule has 76 valence electrons. The van der Waals surface area contributed by atoms with Gasteiger partial charge in [-0.3, -0.25) is 4.79 Å². The lowest BCUT2D eigenvalue weighted by atomic mass is 10.1. The Balaban J connectivity index is 3.53. The van der Waals surface area contributed by atoms with Gasteiger partial charge >= 0.3 is 12.1 Å². The Hall–Kier alpha value is -1.26. The Labute approximate surface area is 77.0 Å². The number of carbonyl (C=O) groups excluding carboxylic acids is 2. The average Bonchev–Trinajstić information content (AvgIpc) is 2.15. The minimum Gasteiger partial charge on any atom is -0.469 e. The summed E-state index contributed by atoms with van der Waals surface area (Å²) < 4.78 is 13.3. The lowest BCUT2D eigenvalue weighted by Gasteiger charge is -2.08. The van der Waals surface area contributed by atoms with E-state index in [1.165, 1.54) is 14.2 Å². The highest BCUT2D eigenvalue weighted by Gasteiger charge is 2.13. The molecule has 1 atom stereocenters. The van der Waals surface area contributed by atoms with Crippen LogP contribution in [-0.2, 0) is 19.0 Å². The summed E-state index contributed by atoms with van der Waals surface area (Å²) in [6.45, 7) is 1.86. The summed E-state index contributed by atoms with van der Waals surface area (Å²) in [6, 6.07) is 0. The molecule has 0 heterocycles. The molecule has 0 fully saturated rings. The maximum Gasteiger partial charge on any atom is 0.507 e. The van der Waals surface area contributed by atoms with Crippen LogP contribution in [0.15, 0.2) is 0 Å². The Morgan fingerprint density at radius 3 is 2.31 bits per heavy atom. The van der Waals surface area contributed by atoms with Gasteiger partial charge in [0.1, 0.15) is 0 Å². The van der Waals surface area contributed by atoms with Crippen LogP contribution in [0.2, 0.25) is 0 Å². The standard InChI is InChI=1S/C8H14O5/c1-6(7(9)11-2)4-5-13-8(10)12-3/h6H,4-5H2,1-3H3. The zero-order chi connectivity index (χ0) is 10.3. The first-order chi connectivity index (χ1) is 6.11. The number of methoxy groups -OCH3 is 2. The molecule has 0 bridgehead atoms. The first kappa shape index (κ1) is 11.7. The van der Waals surface area contributed by atoms with Gasteiger partial charge in [0.05, 0.1) is 26.7 Å². The summed E-state index contributed by atoms with van der Waals surface area (Å²) in [6.07, 6.45) is -0.307. The van der Waals surface area contributed by atoms with E-state index in [4.69, 9.17) is 0 Å². The number of hydrogen-bond acceptors (Lipinski definition) is 5. The summed E-state index contributed by atoms with van der Waals surface area (Å²) in [7, 11) is 2.55. The molecule has 0 saturated carbocycles. The molecule has 5 nitrogen and oxygen atoms in total. The smallest absolute Gasteiger partial charge is 0.469 e. The molecular formula is C8H14O5. The molecule has 0 aliphatic heterocycles. The summed E-state index contributed by atoms with van der Waals surface area (Å²) in [5.41, 5.74) is 0. The molecule has 1 unspecified atom stereocenters. The van der Waals surface area contributed by atoms with E-state index in [9.17, 15) is 9.59 Å². The average molecular weight is 190 g/mol. The van der Waals surface area contributed by atoms with Gasteiger partial charge in [-0.15, -0.1) is 0 Å². The maximum atomic E-state index is 10.9. The third kappa shape index (κ3) is 5.05. The van der Waals surface area contributed by atoms with Crippen LogP contribution < -0.4 is 0 Å². The number of esters is 1. The van der Waals surface area contributed by atoms with Gasteiger partial charge in [0.2, 0.25) is 0 Å². The van der Waals surface area contributed by atoms with E-state index in [-0.39, 0.29) is 18.5 Å². The highest BCUT2D eigenvalue weighted by molar-refractivity contribution is 5.71. The molecule has 0 aliphatic rings. The fourth-order valence-electron chi connectivity index (χ4n) is 0.697. The molecule has 0 saturated heterocycles. The van der Waals surface area contributed by atoms with Crippen LogP contribution in [-0.4, -0.2) is 33.0 Å². The number of ether oxygens (including phenoxy) is 3. The number of rotatable bonds is 4. The van der Waals surface area contributed by atoms with Gasteiger partial charge in [-0.25, -0.2) is 4.79 Å². The molecule has 0 rings (SSSR count). The van der Waals surface area contributed by atoms with Crippen LogP contribution in [0.25, 0.3) is 0 Å². The summed E-state index contributed by atoms with van der Waals surface area (Å²) in [5, 5.41) is 0. The van der Waals surface area contributed by atoms with E-state index in [0.717, 1.165) is 0 Å². The Kier molecular flexibility index (Phi) is 5.67. The largest absolute Gasteiger partial charge is 0.507 e. The maximum absolute atomic E-state index is 10.9. The van der Waals surface area contributed by atoms with Gasteiger partial charge in [-0.2, -0.15) is 0 Å². The molecule has 0 aromatic rings. The topological polar surface area (TPSA) is 61.8 Å². The van der Waals surface area contributed by atoms with Crippen LogP contribution in [0.5, 0.6) is 0 Å². The highest BCUT2D eigenvalue weighted by atomic mass is 16.7. The third-order valence-corrected chi connectivity index (χ3v) is 1.54. The summed E-state index contributed by atoms with van der Waals surface area (Å²) in [5.74, 6) is -0.580. The molecule has 13 heavy (non-hydrogen) atoms. The van der Waals surface area contributed by atoms with Crippen molar-refractivity contribution in [1.82, 2.24) is 0 Å². The predicted molar refractivity (Wildman–Crippen MR) is 44.2 cm³/mol. The van der Waals surface area contributed by atoms with Crippen molar-refractivity contribution < 1.29 is 23.8 Å². The van der Waals surface area contributed by atoms with Crippen molar-refractivity contribution in [1.29, 1.82) is 0 Å². The Bertz CT molecular complexity index is 177. The molecule has 0 N–H and O–H groups in total. The molecule has 0 radical (unpaired) electrons. The fraction of sp³-hybridized carbons (Fsp3) is 0.750. The molecule has 0 spiro atoms. The van der Waals surface area contributed by atoms with Crippen molar-refractivity contribution in [2.75, 3.05) is 20.8 Å². The molecule has 5 heteroatoms. The van der Waals surface area contributed by atoms with Crippen molar-refractivity contribution in [2.24, 2.45) is 5.92 Å². The first-order valence-electron chi connectivity index (χ1n) is 3.90. The Morgan fingerprint density at radius 1 is 1.23 bits per heavy atom. The first-order valence-corrected chi connectivity index (χ1v) is 3.90. The minimum absolute atomic E-state index is 0.156. The lowest BCUT2D eigenvalue weighted by Crippen LogP contribution is -2.16. The summed E-state index contributed by atoms with van der Waals surface area (Å²) in [4.78, 5) is 21.3. The van der Waals surface area contributed by atoms with Crippen LogP contribution in [0.1, 0.15) is 13.3 Å². The normalized spacial score (nSPS) is 11.6. The monoisotopic (exact) mass is 190 g/mol. The van der Waals surface area contributed by atoms with E-state index in [1.54, 1.807) is 6.92 Å².